The second-order valence-electron chi connectivity index (χ2n) is 5.24. The van der Waals surface area contributed by atoms with Gasteiger partial charge in [0, 0.05) is 12.1 Å². The second kappa shape index (κ2) is 7.64. The van der Waals surface area contributed by atoms with Gasteiger partial charge in [-0.15, -0.1) is 0 Å². The average molecular weight is 355 g/mol. The molecule has 2 aromatic carbocycles. The Morgan fingerprint density at radius 2 is 1.83 bits per heavy atom. The third kappa shape index (κ3) is 3.68. The number of carbonyl (C=O) groups excluding carboxylic acids is 1. The minimum Gasteiger partial charge on any atom is -0.488 e. The van der Waals surface area contributed by atoms with Crippen molar-refractivity contribution in [2.75, 3.05) is 6.54 Å². The van der Waals surface area contributed by atoms with Crippen molar-refractivity contribution in [2.45, 2.75) is 13.5 Å². The van der Waals surface area contributed by atoms with Crippen LogP contribution in [0.3, 0.4) is 0 Å². The molecular formula is C19H17NO2S2. The third-order valence-electron chi connectivity index (χ3n) is 3.63. The molecule has 0 saturated carbocycles. The summed E-state index contributed by atoms with van der Waals surface area (Å²) in [5.74, 6) is 0.716. The largest absolute Gasteiger partial charge is 0.488 e. The number of carbonyl (C=O) groups is 1. The van der Waals surface area contributed by atoms with E-state index < -0.39 is 0 Å². The van der Waals surface area contributed by atoms with Crippen molar-refractivity contribution in [2.24, 2.45) is 0 Å². The zero-order chi connectivity index (χ0) is 16.9. The van der Waals surface area contributed by atoms with Crippen molar-refractivity contribution in [3.63, 3.8) is 0 Å². The zero-order valence-corrected chi connectivity index (χ0v) is 14.9. The number of nitrogens with zero attached hydrogens (tertiary/aromatic N) is 1. The lowest BCUT2D eigenvalue weighted by Crippen LogP contribution is -2.27. The molecule has 0 bridgehead atoms. The lowest BCUT2D eigenvalue weighted by atomic mass is 10.1. The Kier molecular flexibility index (Phi) is 5.33. The van der Waals surface area contributed by atoms with Crippen LogP contribution in [-0.2, 0) is 11.4 Å². The molecule has 0 radical (unpaired) electrons. The summed E-state index contributed by atoms with van der Waals surface area (Å²) in [5, 5.41) is 0. The summed E-state index contributed by atoms with van der Waals surface area (Å²) in [5.41, 5.74) is 1.98. The van der Waals surface area contributed by atoms with E-state index in [4.69, 9.17) is 17.0 Å². The molecule has 0 N–H and O–H groups in total. The van der Waals surface area contributed by atoms with Crippen LogP contribution in [0.4, 0.5) is 0 Å². The van der Waals surface area contributed by atoms with Crippen LogP contribution < -0.4 is 4.74 Å². The van der Waals surface area contributed by atoms with Gasteiger partial charge in [0.25, 0.3) is 5.91 Å². The summed E-state index contributed by atoms with van der Waals surface area (Å²) >= 11 is 6.59. The van der Waals surface area contributed by atoms with Crippen LogP contribution >= 0.6 is 24.0 Å². The van der Waals surface area contributed by atoms with Gasteiger partial charge in [0.2, 0.25) is 0 Å². The molecule has 1 fully saturated rings. The van der Waals surface area contributed by atoms with Crippen molar-refractivity contribution in [1.82, 2.24) is 4.90 Å². The topological polar surface area (TPSA) is 29.5 Å². The summed E-state index contributed by atoms with van der Waals surface area (Å²) in [7, 11) is 0. The van der Waals surface area contributed by atoms with Crippen LogP contribution in [0.1, 0.15) is 18.1 Å². The number of amides is 1. The Hall–Kier alpha value is -2.11. The molecule has 2 aromatic rings. The third-order valence-corrected chi connectivity index (χ3v) is 5.01. The van der Waals surface area contributed by atoms with Gasteiger partial charge < -0.3 is 4.74 Å². The molecule has 3 rings (SSSR count). The molecule has 122 valence electrons. The lowest BCUT2D eigenvalue weighted by Gasteiger charge is -2.10. The Labute approximate surface area is 151 Å². The van der Waals surface area contributed by atoms with Crippen LogP contribution in [0.5, 0.6) is 5.75 Å². The maximum Gasteiger partial charge on any atom is 0.266 e. The van der Waals surface area contributed by atoms with Crippen LogP contribution in [0.2, 0.25) is 0 Å². The maximum atomic E-state index is 12.4. The monoisotopic (exact) mass is 355 g/mol. The van der Waals surface area contributed by atoms with E-state index in [1.54, 1.807) is 4.90 Å². The predicted octanol–water partition coefficient (Wildman–Crippen LogP) is 4.49. The van der Waals surface area contributed by atoms with Gasteiger partial charge in [-0.25, -0.2) is 0 Å². The highest BCUT2D eigenvalue weighted by Gasteiger charge is 2.30. The fourth-order valence-electron chi connectivity index (χ4n) is 2.38. The minimum absolute atomic E-state index is 0.0367. The van der Waals surface area contributed by atoms with Gasteiger partial charge in [0.1, 0.15) is 16.7 Å². The van der Waals surface area contributed by atoms with E-state index in [1.165, 1.54) is 11.8 Å². The van der Waals surface area contributed by atoms with E-state index >= 15 is 0 Å². The molecule has 1 aliphatic rings. The van der Waals surface area contributed by atoms with E-state index in [9.17, 15) is 4.79 Å². The molecule has 1 saturated heterocycles. The van der Waals surface area contributed by atoms with E-state index in [0.717, 1.165) is 16.9 Å². The molecule has 5 heteroatoms. The molecule has 0 atom stereocenters. The molecule has 3 nitrogen and oxygen atoms in total. The summed E-state index contributed by atoms with van der Waals surface area (Å²) in [6.07, 6.45) is 1.86. The number of thiocarbonyl (C=S) groups is 1. The highest BCUT2D eigenvalue weighted by atomic mass is 32.2. The molecule has 0 spiro atoms. The molecule has 1 aliphatic heterocycles. The first-order valence-corrected chi connectivity index (χ1v) is 8.92. The van der Waals surface area contributed by atoms with Gasteiger partial charge in [-0.2, -0.15) is 0 Å². The van der Waals surface area contributed by atoms with Gasteiger partial charge >= 0.3 is 0 Å². The fraction of sp³-hybridized carbons (Fsp3) is 0.158. The number of likely N-dealkylation sites (N-methyl/N-ethyl adjacent to an activating group) is 1. The molecule has 0 aliphatic carbocycles. The number of thioether (sulfide) groups is 1. The normalized spacial score (nSPS) is 16.0. The summed E-state index contributed by atoms with van der Waals surface area (Å²) in [6.45, 7) is 3.00. The molecule has 24 heavy (non-hydrogen) atoms. The molecule has 0 aromatic heterocycles. The number of ether oxygens (including phenoxy) is 1. The Bertz CT molecular complexity index is 787. The number of hydrogen-bond acceptors (Lipinski definition) is 4. The zero-order valence-electron chi connectivity index (χ0n) is 13.3. The van der Waals surface area contributed by atoms with Crippen LogP contribution in [0.15, 0.2) is 59.5 Å². The fourth-order valence-corrected chi connectivity index (χ4v) is 3.76. The standard InChI is InChI=1S/C19H17NO2S2/c1-2-20-18(21)17(24-19(20)23)12-15-10-6-7-11-16(15)22-13-14-8-4-3-5-9-14/h3-12H,2,13H2,1H3/b17-12-. The minimum atomic E-state index is -0.0367. The average Bonchev–Trinajstić information content (AvgIpc) is 2.88. The molecule has 1 heterocycles. The summed E-state index contributed by atoms with van der Waals surface area (Å²) < 4.78 is 6.54. The van der Waals surface area contributed by atoms with Crippen molar-refractivity contribution in [3.05, 3.63) is 70.6 Å². The van der Waals surface area contributed by atoms with Gasteiger partial charge in [-0.3, -0.25) is 9.69 Å². The van der Waals surface area contributed by atoms with E-state index in [-0.39, 0.29) is 5.91 Å². The first kappa shape index (κ1) is 16.7. The number of benzene rings is 2. The van der Waals surface area contributed by atoms with Crippen molar-refractivity contribution in [1.29, 1.82) is 0 Å². The van der Waals surface area contributed by atoms with Crippen LogP contribution in [0.25, 0.3) is 6.08 Å². The van der Waals surface area contributed by atoms with Gasteiger partial charge in [-0.05, 0) is 24.6 Å². The SMILES string of the molecule is CCN1C(=O)/C(=C/c2ccccc2OCc2ccccc2)SC1=S. The Balaban J connectivity index is 1.81. The van der Waals surface area contributed by atoms with E-state index in [2.05, 4.69) is 0 Å². The number of hydrogen-bond donors (Lipinski definition) is 0. The first-order valence-electron chi connectivity index (χ1n) is 7.70. The summed E-state index contributed by atoms with van der Waals surface area (Å²) in [6, 6.07) is 17.7. The Morgan fingerprint density at radius 3 is 2.54 bits per heavy atom. The van der Waals surface area contributed by atoms with Gasteiger partial charge in [0.15, 0.2) is 0 Å². The van der Waals surface area contributed by atoms with E-state index in [1.807, 2.05) is 67.6 Å². The molecule has 0 unspecified atom stereocenters. The first-order chi connectivity index (χ1) is 11.7. The molecule has 1 amide bonds. The quantitative estimate of drug-likeness (QED) is 0.584. The van der Waals surface area contributed by atoms with Crippen LogP contribution in [0, 0.1) is 0 Å². The second-order valence-corrected chi connectivity index (χ2v) is 6.91. The maximum absolute atomic E-state index is 12.4. The molecular weight excluding hydrogens is 338 g/mol. The highest BCUT2D eigenvalue weighted by molar-refractivity contribution is 8.26. The number of rotatable bonds is 5. The van der Waals surface area contributed by atoms with Gasteiger partial charge in [-0.1, -0.05) is 72.5 Å². The highest BCUT2D eigenvalue weighted by Crippen LogP contribution is 2.34. The smallest absolute Gasteiger partial charge is 0.266 e. The van der Waals surface area contributed by atoms with E-state index in [0.29, 0.717) is 22.4 Å². The predicted molar refractivity (Wildman–Crippen MR) is 103 cm³/mol. The van der Waals surface area contributed by atoms with Crippen molar-refractivity contribution in [3.8, 4) is 5.75 Å². The van der Waals surface area contributed by atoms with Crippen molar-refractivity contribution >= 4 is 40.3 Å². The Morgan fingerprint density at radius 1 is 1.12 bits per heavy atom. The van der Waals surface area contributed by atoms with Gasteiger partial charge in [0.05, 0.1) is 4.91 Å². The van der Waals surface area contributed by atoms with Crippen LogP contribution in [-0.4, -0.2) is 21.7 Å². The summed E-state index contributed by atoms with van der Waals surface area (Å²) in [4.78, 5) is 14.6. The lowest BCUT2D eigenvalue weighted by molar-refractivity contribution is -0.121. The number of para-hydroxylation sites is 1. The van der Waals surface area contributed by atoms with Crippen molar-refractivity contribution < 1.29 is 9.53 Å².